The van der Waals surface area contributed by atoms with Gasteiger partial charge in [-0.05, 0) is 23.6 Å². The molecule has 0 aliphatic carbocycles. The molecule has 2 amide bonds. The van der Waals surface area contributed by atoms with Crippen LogP contribution in [0.4, 0.5) is 4.79 Å². The van der Waals surface area contributed by atoms with Crippen LogP contribution in [0.25, 0.3) is 0 Å². The van der Waals surface area contributed by atoms with Gasteiger partial charge in [0.05, 0.1) is 19.1 Å². The molecule has 4 rings (SSSR count). The van der Waals surface area contributed by atoms with Gasteiger partial charge in [0.25, 0.3) is 0 Å². The largest absolute Gasteiger partial charge is 0.344 e. The molecule has 2 saturated heterocycles. The van der Waals surface area contributed by atoms with Crippen LogP contribution in [0.15, 0.2) is 30.3 Å². The van der Waals surface area contributed by atoms with Gasteiger partial charge in [-0.2, -0.15) is 9.86 Å². The van der Waals surface area contributed by atoms with Crippen LogP contribution < -0.4 is 0 Å². The molecule has 2 fully saturated rings. The van der Waals surface area contributed by atoms with Crippen LogP contribution in [0.1, 0.15) is 30.3 Å². The van der Waals surface area contributed by atoms with Crippen molar-refractivity contribution in [1.82, 2.24) is 30.2 Å². The third-order valence-electron chi connectivity index (χ3n) is 4.36. The van der Waals surface area contributed by atoms with Gasteiger partial charge in [-0.15, -0.1) is 10.2 Å². The molecule has 2 bridgehead atoms. The highest BCUT2D eigenvalue weighted by molar-refractivity contribution is 5.77. The highest BCUT2D eigenvalue weighted by Gasteiger charge is 2.47. The summed E-state index contributed by atoms with van der Waals surface area (Å²) in [6, 6.07) is 9.72. The van der Waals surface area contributed by atoms with Gasteiger partial charge in [0.2, 0.25) is 0 Å². The summed E-state index contributed by atoms with van der Waals surface area (Å²) in [7, 11) is 1.73. The summed E-state index contributed by atoms with van der Waals surface area (Å²) in [5.41, 5.74) is 1.05. The molecule has 0 saturated carbocycles. The zero-order valence-corrected chi connectivity index (χ0v) is 12.9. The van der Waals surface area contributed by atoms with Gasteiger partial charge in [0.15, 0.2) is 5.82 Å². The maximum absolute atomic E-state index is 12.6. The predicted octanol–water partition coefficient (Wildman–Crippen LogP) is 1.28. The number of hydrogen-bond acceptors (Lipinski definition) is 5. The Hall–Kier alpha value is -2.48. The molecule has 2 atom stereocenters. The number of amides is 2. The van der Waals surface area contributed by atoms with Crippen LogP contribution in [0.5, 0.6) is 0 Å². The Morgan fingerprint density at radius 1 is 1.26 bits per heavy atom. The number of aryl methyl sites for hydroxylation is 1. The number of fused-ring (bicyclic) bond motifs is 2. The molecule has 0 unspecified atom stereocenters. The van der Waals surface area contributed by atoms with E-state index < -0.39 is 0 Å². The van der Waals surface area contributed by atoms with Crippen LogP contribution >= 0.6 is 0 Å². The number of carbonyl (C=O) groups is 1. The summed E-state index contributed by atoms with van der Waals surface area (Å²) in [6.07, 6.45) is 1.70. The van der Waals surface area contributed by atoms with Gasteiger partial charge >= 0.3 is 6.03 Å². The van der Waals surface area contributed by atoms with Gasteiger partial charge in [0, 0.05) is 6.54 Å². The maximum Gasteiger partial charge on any atom is 0.344 e. The third kappa shape index (κ3) is 2.55. The zero-order valence-electron chi connectivity index (χ0n) is 12.9. The van der Waals surface area contributed by atoms with E-state index in [9.17, 15) is 4.79 Å². The molecular weight excluding hydrogens is 296 g/mol. The topological polar surface area (TPSA) is 76.4 Å². The molecule has 0 spiro atoms. The molecule has 1 aromatic heterocycles. The van der Waals surface area contributed by atoms with E-state index in [1.807, 2.05) is 30.3 Å². The molecule has 2 aliphatic rings. The maximum atomic E-state index is 12.6. The van der Waals surface area contributed by atoms with E-state index in [4.69, 9.17) is 4.84 Å². The van der Waals surface area contributed by atoms with E-state index in [1.54, 1.807) is 11.9 Å². The van der Waals surface area contributed by atoms with Crippen molar-refractivity contribution in [2.24, 2.45) is 7.05 Å². The first kappa shape index (κ1) is 14.1. The van der Waals surface area contributed by atoms with Gasteiger partial charge in [-0.3, -0.25) is 4.84 Å². The van der Waals surface area contributed by atoms with E-state index in [0.717, 1.165) is 18.4 Å². The van der Waals surface area contributed by atoms with Crippen LogP contribution in [-0.2, 0) is 18.5 Å². The molecule has 2 aliphatic heterocycles. The number of tetrazole rings is 1. The first-order chi connectivity index (χ1) is 11.2. The standard InChI is InChI=1S/C15H18N6O2/c1-19-17-14(16-18-19)13-8-7-12-9-20(13)15(22)21(12)23-10-11-5-3-2-4-6-11/h2-6,12-13H,7-10H2,1H3/t12-,13+/m0/s1. The monoisotopic (exact) mass is 314 g/mol. The number of hydrogen-bond donors (Lipinski definition) is 0. The summed E-state index contributed by atoms with van der Waals surface area (Å²) < 4.78 is 0. The number of rotatable bonds is 4. The lowest BCUT2D eigenvalue weighted by atomic mass is 10.0. The molecule has 8 heteroatoms. The van der Waals surface area contributed by atoms with Crippen LogP contribution in [0, 0.1) is 0 Å². The van der Waals surface area contributed by atoms with Crippen molar-refractivity contribution >= 4 is 6.03 Å². The second kappa shape index (κ2) is 5.62. The highest BCUT2D eigenvalue weighted by atomic mass is 16.7. The zero-order chi connectivity index (χ0) is 15.8. The lowest BCUT2D eigenvalue weighted by Gasteiger charge is -2.27. The summed E-state index contributed by atoms with van der Waals surface area (Å²) in [5.74, 6) is 0.601. The Morgan fingerprint density at radius 2 is 2.09 bits per heavy atom. The summed E-state index contributed by atoms with van der Waals surface area (Å²) in [5, 5.41) is 13.7. The predicted molar refractivity (Wildman–Crippen MR) is 79.7 cm³/mol. The van der Waals surface area contributed by atoms with Crippen molar-refractivity contribution in [3.63, 3.8) is 0 Å². The molecule has 2 aromatic rings. The molecule has 3 heterocycles. The third-order valence-corrected chi connectivity index (χ3v) is 4.36. The van der Waals surface area contributed by atoms with Crippen molar-refractivity contribution in [3.05, 3.63) is 41.7 Å². The van der Waals surface area contributed by atoms with Gasteiger partial charge < -0.3 is 4.90 Å². The first-order valence-corrected chi connectivity index (χ1v) is 7.73. The Morgan fingerprint density at radius 3 is 2.83 bits per heavy atom. The van der Waals surface area contributed by atoms with Gasteiger partial charge in [-0.25, -0.2) is 4.79 Å². The van der Waals surface area contributed by atoms with Gasteiger partial charge in [-0.1, -0.05) is 30.3 Å². The van der Waals surface area contributed by atoms with Crippen molar-refractivity contribution in [2.75, 3.05) is 6.54 Å². The Kier molecular flexibility index (Phi) is 3.45. The first-order valence-electron chi connectivity index (χ1n) is 7.73. The quantitative estimate of drug-likeness (QED) is 0.850. The number of nitrogens with zero attached hydrogens (tertiary/aromatic N) is 6. The lowest BCUT2D eigenvalue weighted by molar-refractivity contribution is -0.140. The van der Waals surface area contributed by atoms with Crippen LogP contribution in [0.2, 0.25) is 0 Å². The minimum absolute atomic E-state index is 0.0964. The van der Waals surface area contributed by atoms with Crippen LogP contribution in [-0.4, -0.2) is 48.8 Å². The molecule has 1 aromatic carbocycles. The van der Waals surface area contributed by atoms with E-state index >= 15 is 0 Å². The van der Waals surface area contributed by atoms with Crippen molar-refractivity contribution in [1.29, 1.82) is 0 Å². The van der Waals surface area contributed by atoms with Crippen molar-refractivity contribution in [2.45, 2.75) is 31.5 Å². The normalized spacial score (nSPS) is 23.6. The number of carbonyl (C=O) groups excluding carboxylic acids is 1. The summed E-state index contributed by atoms with van der Waals surface area (Å²) >= 11 is 0. The second-order valence-corrected chi connectivity index (χ2v) is 5.90. The number of piperidine rings is 1. The average Bonchev–Trinajstić information content (AvgIpc) is 3.11. The van der Waals surface area contributed by atoms with Crippen molar-refractivity contribution in [3.8, 4) is 0 Å². The minimum atomic E-state index is -0.113. The number of urea groups is 1. The second-order valence-electron chi connectivity index (χ2n) is 5.90. The summed E-state index contributed by atoms with van der Waals surface area (Å²) in [6.45, 7) is 1.04. The molecule has 8 nitrogen and oxygen atoms in total. The fourth-order valence-corrected chi connectivity index (χ4v) is 3.22. The number of hydroxylamine groups is 2. The molecular formula is C15H18N6O2. The Labute approximate surface area is 133 Å². The van der Waals surface area contributed by atoms with E-state index in [0.29, 0.717) is 19.0 Å². The Balaban J connectivity index is 1.47. The Bertz CT molecular complexity index is 703. The molecule has 0 N–H and O–H groups in total. The molecule has 0 radical (unpaired) electrons. The average molecular weight is 314 g/mol. The number of benzene rings is 1. The van der Waals surface area contributed by atoms with Crippen molar-refractivity contribution < 1.29 is 9.63 Å². The van der Waals surface area contributed by atoms with E-state index in [1.165, 1.54) is 9.86 Å². The SMILES string of the molecule is Cn1nnc([C@H]2CC[C@H]3CN2C(=O)N3OCc2ccccc2)n1. The highest BCUT2D eigenvalue weighted by Crippen LogP contribution is 2.37. The smallest absolute Gasteiger partial charge is 0.310 e. The summed E-state index contributed by atoms with van der Waals surface area (Å²) in [4.78, 5) is 21.6. The van der Waals surface area contributed by atoms with E-state index in [2.05, 4.69) is 15.4 Å². The fourth-order valence-electron chi connectivity index (χ4n) is 3.22. The minimum Gasteiger partial charge on any atom is -0.310 e. The lowest BCUT2D eigenvalue weighted by Crippen LogP contribution is -2.34. The van der Waals surface area contributed by atoms with Gasteiger partial charge in [0.1, 0.15) is 6.61 Å². The molecule has 120 valence electrons. The number of aromatic nitrogens is 4. The van der Waals surface area contributed by atoms with E-state index in [-0.39, 0.29) is 18.1 Å². The fraction of sp³-hybridized carbons (Fsp3) is 0.467. The van der Waals surface area contributed by atoms with Crippen LogP contribution in [0.3, 0.4) is 0 Å². The molecule has 23 heavy (non-hydrogen) atoms.